The molecule has 0 atom stereocenters. The summed E-state index contributed by atoms with van der Waals surface area (Å²) in [7, 11) is 0. The van der Waals surface area contributed by atoms with Crippen LogP contribution in [0.5, 0.6) is 0 Å². The van der Waals surface area contributed by atoms with E-state index in [1.54, 1.807) is 12.5 Å². The zero-order valence-electron chi connectivity index (χ0n) is 10.3. The van der Waals surface area contributed by atoms with Gasteiger partial charge in [-0.2, -0.15) is 0 Å². The molecule has 2 heterocycles. The van der Waals surface area contributed by atoms with Crippen molar-refractivity contribution in [3.63, 3.8) is 0 Å². The fourth-order valence-corrected chi connectivity index (χ4v) is 2.43. The highest BCUT2D eigenvalue weighted by Crippen LogP contribution is 2.28. The first-order valence-electron chi connectivity index (χ1n) is 6.20. The zero-order valence-corrected chi connectivity index (χ0v) is 10.3. The molecule has 0 radical (unpaired) electrons. The van der Waals surface area contributed by atoms with Crippen molar-refractivity contribution < 1.29 is 0 Å². The lowest BCUT2D eigenvalue weighted by atomic mass is 10.2. The van der Waals surface area contributed by atoms with Crippen molar-refractivity contribution in [2.24, 2.45) is 5.84 Å². The molecule has 3 rings (SSSR count). The molecule has 0 amide bonds. The maximum Gasteiger partial charge on any atom is 0.180 e. The van der Waals surface area contributed by atoms with E-state index >= 15 is 0 Å². The number of fused-ring (bicyclic) bond motifs is 1. The molecule has 6 heteroatoms. The highest BCUT2D eigenvalue weighted by atomic mass is 15.3. The number of anilines is 1. The minimum Gasteiger partial charge on any atom is -0.328 e. The molecule has 0 aromatic carbocycles. The van der Waals surface area contributed by atoms with Crippen LogP contribution in [-0.4, -0.2) is 19.5 Å². The van der Waals surface area contributed by atoms with Gasteiger partial charge in [0.1, 0.15) is 11.5 Å². The Morgan fingerprint density at radius 3 is 3.06 bits per heavy atom. The van der Waals surface area contributed by atoms with Crippen LogP contribution in [0.3, 0.4) is 0 Å². The minimum atomic E-state index is 0.697. The van der Waals surface area contributed by atoms with Gasteiger partial charge in [-0.15, -0.1) is 0 Å². The third-order valence-corrected chi connectivity index (χ3v) is 3.35. The summed E-state index contributed by atoms with van der Waals surface area (Å²) >= 11 is 0. The maximum absolute atomic E-state index is 5.55. The number of hydrazine groups is 1. The highest BCUT2D eigenvalue weighted by Gasteiger charge is 2.20. The number of nitrogen functional groups attached to an aromatic ring is 1. The van der Waals surface area contributed by atoms with Gasteiger partial charge in [0.25, 0.3) is 0 Å². The van der Waals surface area contributed by atoms with Gasteiger partial charge in [0, 0.05) is 17.8 Å². The van der Waals surface area contributed by atoms with Crippen LogP contribution >= 0.6 is 0 Å². The van der Waals surface area contributed by atoms with Crippen molar-refractivity contribution in [3.05, 3.63) is 23.8 Å². The molecule has 1 aliphatic rings. The number of nitrogens with two attached hydrogens (primary N) is 1. The molecule has 0 aliphatic heterocycles. The molecular formula is C12H16N6. The molecule has 3 N–H and O–H groups in total. The van der Waals surface area contributed by atoms with Crippen LogP contribution in [0.4, 0.5) is 5.82 Å². The van der Waals surface area contributed by atoms with Crippen molar-refractivity contribution in [1.82, 2.24) is 19.5 Å². The van der Waals surface area contributed by atoms with E-state index in [0.717, 1.165) is 48.6 Å². The first kappa shape index (κ1) is 11.2. The lowest BCUT2D eigenvalue weighted by Crippen LogP contribution is -2.13. The second-order valence-corrected chi connectivity index (χ2v) is 4.38. The number of imidazole rings is 1. The lowest BCUT2D eigenvalue weighted by Gasteiger charge is -2.10. The summed E-state index contributed by atoms with van der Waals surface area (Å²) < 4.78 is 2.02. The number of hydrogen-bond donors (Lipinski definition) is 2. The Hall–Kier alpha value is -1.95. The minimum absolute atomic E-state index is 0.697. The predicted molar refractivity (Wildman–Crippen MR) is 68.8 cm³/mol. The molecule has 0 bridgehead atoms. The summed E-state index contributed by atoms with van der Waals surface area (Å²) in [6.07, 6.45) is 6.71. The van der Waals surface area contributed by atoms with E-state index in [2.05, 4.69) is 27.3 Å². The molecular weight excluding hydrogens is 228 g/mol. The molecule has 0 saturated heterocycles. The van der Waals surface area contributed by atoms with E-state index in [4.69, 9.17) is 5.84 Å². The summed E-state index contributed by atoms with van der Waals surface area (Å²) in [5.74, 6) is 7.00. The van der Waals surface area contributed by atoms with Crippen molar-refractivity contribution in [1.29, 1.82) is 0 Å². The summed E-state index contributed by atoms with van der Waals surface area (Å²) in [4.78, 5) is 13.3. The van der Waals surface area contributed by atoms with Gasteiger partial charge in [0.2, 0.25) is 0 Å². The summed E-state index contributed by atoms with van der Waals surface area (Å²) in [5.41, 5.74) is 5.88. The molecule has 0 unspecified atom stereocenters. The van der Waals surface area contributed by atoms with E-state index in [1.807, 2.05) is 4.57 Å². The number of nitrogens with one attached hydrogen (secondary N) is 1. The quantitative estimate of drug-likeness (QED) is 0.625. The first-order chi connectivity index (χ1) is 8.83. The zero-order chi connectivity index (χ0) is 12.5. The normalized spacial score (nSPS) is 13.7. The van der Waals surface area contributed by atoms with Crippen molar-refractivity contribution in [3.8, 4) is 11.5 Å². The standard InChI is InChI=1S/C12H16N6/c1-2-18-7-14-6-10(18)12-15-9-5-3-4-8(9)11(16-12)17-13/h6-7H,2-5,13H2,1H3,(H,15,16,17). The Labute approximate surface area is 105 Å². The van der Waals surface area contributed by atoms with Gasteiger partial charge in [-0.1, -0.05) is 0 Å². The van der Waals surface area contributed by atoms with Gasteiger partial charge in [0.05, 0.1) is 12.5 Å². The second kappa shape index (κ2) is 4.38. The highest BCUT2D eigenvalue weighted by molar-refractivity contribution is 5.57. The number of rotatable bonds is 3. The van der Waals surface area contributed by atoms with Gasteiger partial charge in [0.15, 0.2) is 5.82 Å². The topological polar surface area (TPSA) is 81.7 Å². The predicted octanol–water partition coefficient (Wildman–Crippen LogP) is 1.13. The number of nitrogens with zero attached hydrogens (tertiary/aromatic N) is 4. The molecule has 18 heavy (non-hydrogen) atoms. The molecule has 0 saturated carbocycles. The molecule has 2 aromatic rings. The van der Waals surface area contributed by atoms with Crippen molar-refractivity contribution in [2.45, 2.75) is 32.7 Å². The smallest absolute Gasteiger partial charge is 0.180 e. The third kappa shape index (κ3) is 1.65. The number of aromatic nitrogens is 4. The van der Waals surface area contributed by atoms with E-state index < -0.39 is 0 Å². The summed E-state index contributed by atoms with van der Waals surface area (Å²) in [6.45, 7) is 2.92. The van der Waals surface area contributed by atoms with Crippen molar-refractivity contribution >= 4 is 5.82 Å². The van der Waals surface area contributed by atoms with E-state index in [9.17, 15) is 0 Å². The van der Waals surface area contributed by atoms with E-state index in [0.29, 0.717) is 5.82 Å². The van der Waals surface area contributed by atoms with E-state index in [-0.39, 0.29) is 0 Å². The van der Waals surface area contributed by atoms with Gasteiger partial charge in [-0.05, 0) is 26.2 Å². The fraction of sp³-hybridized carbons (Fsp3) is 0.417. The van der Waals surface area contributed by atoms with Crippen LogP contribution in [-0.2, 0) is 19.4 Å². The third-order valence-electron chi connectivity index (χ3n) is 3.35. The van der Waals surface area contributed by atoms with Crippen LogP contribution in [0.25, 0.3) is 11.5 Å². The summed E-state index contributed by atoms with van der Waals surface area (Å²) in [6, 6.07) is 0. The molecule has 0 fully saturated rings. The SMILES string of the molecule is CCn1cncc1-c1nc2c(c(NN)n1)CCC2. The molecule has 2 aromatic heterocycles. The van der Waals surface area contributed by atoms with Crippen LogP contribution < -0.4 is 11.3 Å². The first-order valence-corrected chi connectivity index (χ1v) is 6.20. The fourth-order valence-electron chi connectivity index (χ4n) is 2.43. The van der Waals surface area contributed by atoms with Gasteiger partial charge in [-0.3, -0.25) is 0 Å². The maximum atomic E-state index is 5.55. The molecule has 6 nitrogen and oxygen atoms in total. The van der Waals surface area contributed by atoms with Crippen LogP contribution in [0.15, 0.2) is 12.5 Å². The average molecular weight is 244 g/mol. The van der Waals surface area contributed by atoms with Crippen molar-refractivity contribution in [2.75, 3.05) is 5.43 Å². The Balaban J connectivity index is 2.13. The van der Waals surface area contributed by atoms with Crippen LogP contribution in [0.1, 0.15) is 24.6 Å². The van der Waals surface area contributed by atoms with Gasteiger partial charge >= 0.3 is 0 Å². The number of hydrogen-bond acceptors (Lipinski definition) is 5. The summed E-state index contributed by atoms with van der Waals surface area (Å²) in [5, 5.41) is 0. The number of aryl methyl sites for hydroxylation is 2. The average Bonchev–Trinajstić information content (AvgIpc) is 3.05. The largest absolute Gasteiger partial charge is 0.328 e. The Bertz CT molecular complexity index is 574. The second-order valence-electron chi connectivity index (χ2n) is 4.38. The molecule has 94 valence electrons. The molecule has 0 spiro atoms. The van der Waals surface area contributed by atoms with Crippen LogP contribution in [0.2, 0.25) is 0 Å². The van der Waals surface area contributed by atoms with Crippen LogP contribution in [0, 0.1) is 0 Å². The lowest BCUT2D eigenvalue weighted by molar-refractivity contribution is 0.762. The Morgan fingerprint density at radius 2 is 2.28 bits per heavy atom. The Kier molecular flexibility index (Phi) is 2.71. The monoisotopic (exact) mass is 244 g/mol. The molecule has 1 aliphatic carbocycles. The van der Waals surface area contributed by atoms with Gasteiger partial charge in [-0.25, -0.2) is 20.8 Å². The van der Waals surface area contributed by atoms with E-state index in [1.165, 1.54) is 0 Å². The van der Waals surface area contributed by atoms with Gasteiger partial charge < -0.3 is 9.99 Å². The Morgan fingerprint density at radius 1 is 1.39 bits per heavy atom.